The summed E-state index contributed by atoms with van der Waals surface area (Å²) >= 11 is 7.31. The SMILES string of the molecule is Cc1cnsc1C(=O)NC(=N)c1c(Cl)cncc1NCc1ccc(CF)cc1. The molecule has 1 amide bonds. The van der Waals surface area contributed by atoms with Crippen LogP contribution in [-0.4, -0.2) is 21.1 Å². The van der Waals surface area contributed by atoms with Crippen molar-refractivity contribution in [2.45, 2.75) is 20.1 Å². The molecule has 3 N–H and O–H groups in total. The summed E-state index contributed by atoms with van der Waals surface area (Å²) in [6.07, 6.45) is 4.55. The number of hydrogen-bond acceptors (Lipinski definition) is 6. The molecule has 0 aliphatic carbocycles. The van der Waals surface area contributed by atoms with Crippen LogP contribution in [0.2, 0.25) is 5.02 Å². The third-order valence-electron chi connectivity index (χ3n) is 4.00. The van der Waals surface area contributed by atoms with E-state index in [1.54, 1.807) is 25.3 Å². The summed E-state index contributed by atoms with van der Waals surface area (Å²) in [5.74, 6) is -0.550. The van der Waals surface area contributed by atoms with Crippen molar-refractivity contribution >= 4 is 40.6 Å². The number of benzene rings is 1. The number of anilines is 1. The van der Waals surface area contributed by atoms with Crippen LogP contribution in [0.1, 0.15) is 31.9 Å². The van der Waals surface area contributed by atoms with Gasteiger partial charge in [0.1, 0.15) is 17.4 Å². The van der Waals surface area contributed by atoms with Gasteiger partial charge in [0, 0.05) is 18.9 Å². The number of carbonyl (C=O) groups excluding carboxylic acids is 1. The zero-order valence-corrected chi connectivity index (χ0v) is 16.5. The van der Waals surface area contributed by atoms with Crippen LogP contribution in [-0.2, 0) is 13.2 Å². The second-order valence-corrected chi connectivity index (χ2v) is 7.22. The zero-order valence-electron chi connectivity index (χ0n) is 14.9. The molecule has 0 radical (unpaired) electrons. The number of aryl methyl sites for hydroxylation is 1. The average Bonchev–Trinajstić information content (AvgIpc) is 3.12. The lowest BCUT2D eigenvalue weighted by Gasteiger charge is -2.14. The molecular weight excluding hydrogens is 401 g/mol. The first-order chi connectivity index (χ1) is 13.5. The molecule has 0 fully saturated rings. The monoisotopic (exact) mass is 417 g/mol. The van der Waals surface area contributed by atoms with Gasteiger partial charge in [-0.3, -0.25) is 15.2 Å². The second kappa shape index (κ2) is 8.90. The highest BCUT2D eigenvalue weighted by Crippen LogP contribution is 2.24. The molecule has 3 aromatic rings. The Morgan fingerprint density at radius 1 is 1.21 bits per heavy atom. The fourth-order valence-corrected chi connectivity index (χ4v) is 3.41. The molecule has 1 aromatic carbocycles. The third-order valence-corrected chi connectivity index (χ3v) is 5.19. The van der Waals surface area contributed by atoms with E-state index in [9.17, 15) is 9.18 Å². The van der Waals surface area contributed by atoms with Crippen LogP contribution >= 0.6 is 23.1 Å². The van der Waals surface area contributed by atoms with E-state index >= 15 is 0 Å². The van der Waals surface area contributed by atoms with Gasteiger partial charge in [0.15, 0.2) is 0 Å². The number of aromatic nitrogens is 2. The second-order valence-electron chi connectivity index (χ2n) is 6.01. The number of rotatable bonds is 6. The van der Waals surface area contributed by atoms with E-state index in [1.807, 2.05) is 12.1 Å². The van der Waals surface area contributed by atoms with Crippen LogP contribution in [0.25, 0.3) is 0 Å². The quantitative estimate of drug-likeness (QED) is 0.411. The summed E-state index contributed by atoms with van der Waals surface area (Å²) in [4.78, 5) is 16.9. The van der Waals surface area contributed by atoms with E-state index in [1.165, 1.54) is 12.4 Å². The molecule has 28 heavy (non-hydrogen) atoms. The topological polar surface area (TPSA) is 90.8 Å². The van der Waals surface area contributed by atoms with E-state index < -0.39 is 12.6 Å². The Balaban J connectivity index is 1.76. The average molecular weight is 418 g/mol. The van der Waals surface area contributed by atoms with Crippen LogP contribution in [0.15, 0.2) is 42.9 Å². The Bertz CT molecular complexity index is 1010. The minimum Gasteiger partial charge on any atom is -0.379 e. The van der Waals surface area contributed by atoms with E-state index in [-0.39, 0.29) is 10.9 Å². The smallest absolute Gasteiger partial charge is 0.268 e. The summed E-state index contributed by atoms with van der Waals surface area (Å²) in [6, 6.07) is 7.07. The molecule has 3 rings (SSSR count). The van der Waals surface area contributed by atoms with Crippen molar-refractivity contribution < 1.29 is 9.18 Å². The molecular formula is C19H17ClFN5OS. The zero-order chi connectivity index (χ0) is 20.1. The van der Waals surface area contributed by atoms with Crippen molar-refractivity contribution in [3.63, 3.8) is 0 Å². The van der Waals surface area contributed by atoms with Crippen LogP contribution < -0.4 is 10.6 Å². The molecule has 0 saturated carbocycles. The summed E-state index contributed by atoms with van der Waals surface area (Å²) in [6.45, 7) is 1.70. The predicted octanol–water partition coefficient (Wildman–Crippen LogP) is 4.34. The van der Waals surface area contributed by atoms with Gasteiger partial charge in [0.2, 0.25) is 0 Å². The van der Waals surface area contributed by atoms with Crippen LogP contribution in [0.4, 0.5) is 10.1 Å². The Kier molecular flexibility index (Phi) is 6.33. The molecule has 144 valence electrons. The molecule has 0 aliphatic rings. The number of alkyl halides is 1. The summed E-state index contributed by atoms with van der Waals surface area (Å²) in [5, 5.41) is 14.3. The van der Waals surface area contributed by atoms with Crippen molar-refractivity contribution in [3.05, 3.63) is 75.0 Å². The molecule has 0 unspecified atom stereocenters. The first-order valence-corrected chi connectivity index (χ1v) is 9.47. The minimum atomic E-state index is -0.508. The lowest BCUT2D eigenvalue weighted by atomic mass is 10.1. The van der Waals surface area contributed by atoms with Gasteiger partial charge in [-0.15, -0.1) is 0 Å². The van der Waals surface area contributed by atoms with Crippen molar-refractivity contribution in [1.29, 1.82) is 5.41 Å². The van der Waals surface area contributed by atoms with E-state index in [2.05, 4.69) is 20.0 Å². The number of amidine groups is 1. The number of halogens is 2. The van der Waals surface area contributed by atoms with Crippen molar-refractivity contribution in [3.8, 4) is 0 Å². The summed E-state index contributed by atoms with van der Waals surface area (Å²) in [7, 11) is 0. The Hall–Kier alpha value is -2.84. The molecule has 6 nitrogen and oxygen atoms in total. The number of hydrogen-bond donors (Lipinski definition) is 3. The number of amides is 1. The Morgan fingerprint density at radius 3 is 2.57 bits per heavy atom. The Labute approximate surface area is 170 Å². The highest BCUT2D eigenvalue weighted by atomic mass is 35.5. The largest absolute Gasteiger partial charge is 0.379 e. The maximum atomic E-state index is 12.6. The lowest BCUT2D eigenvalue weighted by molar-refractivity contribution is 0.0980. The molecule has 0 aliphatic heterocycles. The van der Waals surface area contributed by atoms with E-state index in [0.717, 1.165) is 22.7 Å². The maximum absolute atomic E-state index is 12.6. The normalized spacial score (nSPS) is 10.5. The first kappa shape index (κ1) is 19.9. The molecule has 9 heteroatoms. The fourth-order valence-electron chi connectivity index (χ4n) is 2.51. The van der Waals surface area contributed by atoms with Gasteiger partial charge >= 0.3 is 0 Å². The van der Waals surface area contributed by atoms with Gasteiger partial charge in [-0.25, -0.2) is 8.76 Å². The van der Waals surface area contributed by atoms with Crippen LogP contribution in [0.3, 0.4) is 0 Å². The fraction of sp³-hybridized carbons (Fsp3) is 0.158. The van der Waals surface area contributed by atoms with Crippen molar-refractivity contribution in [2.75, 3.05) is 5.32 Å². The van der Waals surface area contributed by atoms with Gasteiger partial charge < -0.3 is 10.6 Å². The Morgan fingerprint density at radius 2 is 1.93 bits per heavy atom. The van der Waals surface area contributed by atoms with E-state index in [4.69, 9.17) is 17.0 Å². The van der Waals surface area contributed by atoms with Gasteiger partial charge in [0.05, 0.1) is 22.5 Å². The molecule has 0 atom stereocenters. The number of nitrogens with zero attached hydrogens (tertiary/aromatic N) is 2. The van der Waals surface area contributed by atoms with Gasteiger partial charge in [-0.1, -0.05) is 35.9 Å². The lowest BCUT2D eigenvalue weighted by Crippen LogP contribution is -2.31. The van der Waals surface area contributed by atoms with Gasteiger partial charge in [0.25, 0.3) is 5.91 Å². The van der Waals surface area contributed by atoms with Gasteiger partial charge in [-0.2, -0.15) is 0 Å². The highest BCUT2D eigenvalue weighted by molar-refractivity contribution is 7.08. The molecule has 2 heterocycles. The van der Waals surface area contributed by atoms with Gasteiger partial charge in [-0.05, 0) is 35.1 Å². The predicted molar refractivity (Wildman–Crippen MR) is 109 cm³/mol. The van der Waals surface area contributed by atoms with E-state index in [0.29, 0.717) is 28.2 Å². The minimum absolute atomic E-state index is 0.138. The number of pyridine rings is 1. The summed E-state index contributed by atoms with van der Waals surface area (Å²) < 4.78 is 16.6. The molecule has 2 aromatic heterocycles. The number of carbonyl (C=O) groups is 1. The standard InChI is InChI=1S/C19H17ClFN5OS/c1-11-7-25-28-17(11)19(27)26-18(22)16-14(20)9-23-10-15(16)24-8-13-4-2-12(6-21)3-5-13/h2-5,7,9-10,24H,6,8H2,1H3,(H2,22,26,27). The van der Waals surface area contributed by atoms with Crippen LogP contribution in [0.5, 0.6) is 0 Å². The van der Waals surface area contributed by atoms with Crippen molar-refractivity contribution in [2.24, 2.45) is 0 Å². The third kappa shape index (κ3) is 4.52. The van der Waals surface area contributed by atoms with Crippen molar-refractivity contribution in [1.82, 2.24) is 14.7 Å². The molecule has 0 saturated heterocycles. The maximum Gasteiger partial charge on any atom is 0.268 e. The summed E-state index contributed by atoms with van der Waals surface area (Å²) in [5.41, 5.74) is 3.13. The highest BCUT2D eigenvalue weighted by Gasteiger charge is 2.18. The molecule has 0 bridgehead atoms. The first-order valence-electron chi connectivity index (χ1n) is 8.32. The van der Waals surface area contributed by atoms with Crippen LogP contribution in [0, 0.1) is 12.3 Å². The molecule has 0 spiro atoms. The number of nitrogens with one attached hydrogen (secondary N) is 3.